The van der Waals surface area contributed by atoms with E-state index in [0.717, 1.165) is 25.9 Å². The minimum absolute atomic E-state index is 0.0982. The van der Waals surface area contributed by atoms with Crippen molar-refractivity contribution in [3.8, 4) is 0 Å². The molecule has 1 fully saturated rings. The van der Waals surface area contributed by atoms with Gasteiger partial charge in [-0.05, 0) is 38.1 Å². The summed E-state index contributed by atoms with van der Waals surface area (Å²) in [7, 11) is 0. The van der Waals surface area contributed by atoms with Gasteiger partial charge in [0.2, 0.25) is 0 Å². The normalized spacial score (nSPS) is 15.3. The molecule has 1 aliphatic rings. The maximum absolute atomic E-state index is 13.9. The third-order valence-corrected chi connectivity index (χ3v) is 3.73. The molecule has 116 valence electrons. The zero-order chi connectivity index (χ0) is 15.2. The minimum atomic E-state index is -0.974. The molecule has 0 bridgehead atoms. The second kappa shape index (κ2) is 7.36. The van der Waals surface area contributed by atoms with Crippen LogP contribution in [-0.4, -0.2) is 48.7 Å². The van der Waals surface area contributed by atoms with Crippen molar-refractivity contribution in [3.63, 3.8) is 0 Å². The zero-order valence-corrected chi connectivity index (χ0v) is 11.9. The minimum Gasteiger partial charge on any atom is -0.481 e. The van der Waals surface area contributed by atoms with Gasteiger partial charge < -0.3 is 14.9 Å². The van der Waals surface area contributed by atoms with Crippen LogP contribution < -0.4 is 4.90 Å². The van der Waals surface area contributed by atoms with E-state index in [4.69, 9.17) is 5.11 Å². The fourth-order valence-corrected chi connectivity index (χ4v) is 2.63. The molecule has 6 heteroatoms. The maximum atomic E-state index is 13.9. The van der Waals surface area contributed by atoms with E-state index in [2.05, 4.69) is 4.90 Å². The molecular weight excluding hydrogens is 278 g/mol. The van der Waals surface area contributed by atoms with Crippen LogP contribution in [0.3, 0.4) is 0 Å². The predicted molar refractivity (Wildman–Crippen MR) is 76.5 cm³/mol. The van der Waals surface area contributed by atoms with Crippen molar-refractivity contribution in [1.29, 1.82) is 0 Å². The van der Waals surface area contributed by atoms with Gasteiger partial charge in [0.1, 0.15) is 17.3 Å². The van der Waals surface area contributed by atoms with Crippen molar-refractivity contribution in [3.05, 3.63) is 29.8 Å². The average Bonchev–Trinajstić information content (AvgIpc) is 2.93. The Labute approximate surface area is 123 Å². The van der Waals surface area contributed by atoms with Crippen LogP contribution in [0.15, 0.2) is 18.2 Å². The number of aliphatic carboxylic acids is 1. The number of rotatable bonds is 7. The van der Waals surface area contributed by atoms with Gasteiger partial charge in [0.15, 0.2) is 0 Å². The Hall–Kier alpha value is -1.69. The first-order valence-corrected chi connectivity index (χ1v) is 7.21. The first-order valence-electron chi connectivity index (χ1n) is 7.21. The lowest BCUT2D eigenvalue weighted by Gasteiger charge is -2.27. The van der Waals surface area contributed by atoms with Crippen molar-refractivity contribution in [2.24, 2.45) is 0 Å². The summed E-state index contributed by atoms with van der Waals surface area (Å²) in [6.07, 6.45) is 2.14. The van der Waals surface area contributed by atoms with Crippen LogP contribution in [0, 0.1) is 11.6 Å². The highest BCUT2D eigenvalue weighted by molar-refractivity contribution is 5.67. The Morgan fingerprint density at radius 3 is 2.38 bits per heavy atom. The molecule has 1 N–H and O–H groups in total. The number of likely N-dealkylation sites (tertiary alicyclic amines) is 1. The number of hydrogen-bond donors (Lipinski definition) is 1. The van der Waals surface area contributed by atoms with E-state index in [-0.39, 0.29) is 18.7 Å². The Kier molecular flexibility index (Phi) is 5.50. The largest absolute Gasteiger partial charge is 0.481 e. The monoisotopic (exact) mass is 298 g/mol. The van der Waals surface area contributed by atoms with Crippen LogP contribution in [0.25, 0.3) is 0 Å². The molecule has 0 atom stereocenters. The summed E-state index contributed by atoms with van der Waals surface area (Å²) in [5, 5.41) is 8.80. The fraction of sp³-hybridized carbons (Fsp3) is 0.533. The van der Waals surface area contributed by atoms with Crippen molar-refractivity contribution in [2.45, 2.75) is 19.3 Å². The molecular formula is C15H20F2N2O2. The quantitative estimate of drug-likeness (QED) is 0.839. The molecule has 0 unspecified atom stereocenters. The lowest BCUT2D eigenvalue weighted by Crippen LogP contribution is -2.36. The summed E-state index contributed by atoms with van der Waals surface area (Å²) in [6.45, 7) is 3.19. The highest BCUT2D eigenvalue weighted by Gasteiger charge is 2.19. The summed E-state index contributed by atoms with van der Waals surface area (Å²) >= 11 is 0. The van der Waals surface area contributed by atoms with Crippen LogP contribution in [0.4, 0.5) is 14.5 Å². The van der Waals surface area contributed by atoms with Gasteiger partial charge in [-0.2, -0.15) is 0 Å². The predicted octanol–water partition coefficient (Wildman–Crippen LogP) is 2.34. The number of carbonyl (C=O) groups is 1. The third kappa shape index (κ3) is 4.39. The van der Waals surface area contributed by atoms with Crippen molar-refractivity contribution < 1.29 is 18.7 Å². The van der Waals surface area contributed by atoms with Crippen molar-refractivity contribution in [1.82, 2.24) is 4.90 Å². The Morgan fingerprint density at radius 1 is 1.19 bits per heavy atom. The fourth-order valence-electron chi connectivity index (χ4n) is 2.63. The van der Waals surface area contributed by atoms with Crippen molar-refractivity contribution >= 4 is 11.7 Å². The van der Waals surface area contributed by atoms with Crippen LogP contribution in [-0.2, 0) is 4.79 Å². The Bertz CT molecular complexity index is 470. The van der Waals surface area contributed by atoms with Gasteiger partial charge in [-0.15, -0.1) is 0 Å². The summed E-state index contributed by atoms with van der Waals surface area (Å²) in [5.74, 6) is -2.28. The van der Waals surface area contributed by atoms with E-state index < -0.39 is 17.6 Å². The molecule has 21 heavy (non-hydrogen) atoms. The van der Waals surface area contributed by atoms with Crippen LogP contribution in [0.2, 0.25) is 0 Å². The van der Waals surface area contributed by atoms with E-state index >= 15 is 0 Å². The number of carboxylic acid groups (broad SMARTS) is 1. The van der Waals surface area contributed by atoms with Gasteiger partial charge >= 0.3 is 5.97 Å². The van der Waals surface area contributed by atoms with E-state index in [1.54, 1.807) is 0 Å². The molecule has 0 amide bonds. The Balaban J connectivity index is 2.08. The maximum Gasteiger partial charge on any atom is 0.305 e. The number of halogens is 2. The molecule has 1 aromatic rings. The van der Waals surface area contributed by atoms with Crippen molar-refractivity contribution in [2.75, 3.05) is 37.6 Å². The summed E-state index contributed by atoms with van der Waals surface area (Å²) in [5.41, 5.74) is -0.127. The first-order chi connectivity index (χ1) is 10.1. The van der Waals surface area contributed by atoms with Crippen LogP contribution in [0.5, 0.6) is 0 Å². The number of para-hydroxylation sites is 1. The zero-order valence-electron chi connectivity index (χ0n) is 11.9. The van der Waals surface area contributed by atoms with Gasteiger partial charge in [-0.3, -0.25) is 4.79 Å². The molecule has 1 saturated heterocycles. The SMILES string of the molecule is O=C(O)CCN(CCN1CCCC1)c1c(F)cccc1F. The Morgan fingerprint density at radius 2 is 1.81 bits per heavy atom. The molecule has 0 aliphatic carbocycles. The molecule has 4 nitrogen and oxygen atoms in total. The molecule has 0 aromatic heterocycles. The molecule has 1 aromatic carbocycles. The number of anilines is 1. The molecule has 1 heterocycles. The van der Waals surface area contributed by atoms with E-state index in [9.17, 15) is 13.6 Å². The van der Waals surface area contributed by atoms with Crippen LogP contribution >= 0.6 is 0 Å². The number of benzene rings is 1. The number of carboxylic acids is 1. The highest BCUT2D eigenvalue weighted by Crippen LogP contribution is 2.23. The summed E-state index contributed by atoms with van der Waals surface area (Å²) in [6, 6.07) is 3.70. The summed E-state index contributed by atoms with van der Waals surface area (Å²) in [4.78, 5) is 14.5. The topological polar surface area (TPSA) is 43.8 Å². The summed E-state index contributed by atoms with van der Waals surface area (Å²) < 4.78 is 27.8. The molecule has 0 spiro atoms. The first kappa shape index (κ1) is 15.7. The van der Waals surface area contributed by atoms with E-state index in [0.29, 0.717) is 13.1 Å². The van der Waals surface area contributed by atoms with E-state index in [1.807, 2.05) is 0 Å². The smallest absolute Gasteiger partial charge is 0.305 e. The molecule has 1 aliphatic heterocycles. The van der Waals surface area contributed by atoms with Crippen LogP contribution in [0.1, 0.15) is 19.3 Å². The van der Waals surface area contributed by atoms with Gasteiger partial charge in [-0.1, -0.05) is 6.07 Å². The second-order valence-electron chi connectivity index (χ2n) is 5.25. The van der Waals surface area contributed by atoms with Gasteiger partial charge in [-0.25, -0.2) is 8.78 Å². The van der Waals surface area contributed by atoms with Gasteiger partial charge in [0.05, 0.1) is 6.42 Å². The van der Waals surface area contributed by atoms with Gasteiger partial charge in [0.25, 0.3) is 0 Å². The lowest BCUT2D eigenvalue weighted by molar-refractivity contribution is -0.136. The lowest BCUT2D eigenvalue weighted by atomic mass is 10.2. The number of hydrogen-bond acceptors (Lipinski definition) is 3. The average molecular weight is 298 g/mol. The number of nitrogens with zero attached hydrogens (tertiary/aromatic N) is 2. The molecule has 2 rings (SSSR count). The molecule has 0 radical (unpaired) electrons. The highest BCUT2D eigenvalue weighted by atomic mass is 19.1. The third-order valence-electron chi connectivity index (χ3n) is 3.73. The van der Waals surface area contributed by atoms with Gasteiger partial charge in [0, 0.05) is 19.6 Å². The standard InChI is InChI=1S/C15H20F2N2O2/c16-12-4-3-5-13(17)15(12)19(9-6-14(20)21)11-10-18-7-1-2-8-18/h3-5H,1-2,6-11H2,(H,20,21). The van der Waals surface area contributed by atoms with E-state index in [1.165, 1.54) is 23.1 Å². The second-order valence-corrected chi connectivity index (χ2v) is 5.25. The molecule has 0 saturated carbocycles.